The van der Waals surface area contributed by atoms with E-state index in [0.29, 0.717) is 13.1 Å². The maximum atomic E-state index is 11.2. The van der Waals surface area contributed by atoms with Crippen molar-refractivity contribution in [1.29, 1.82) is 0 Å². The maximum Gasteiger partial charge on any atom is 0.321 e. The largest absolute Gasteiger partial charge is 0.480 e. The minimum absolute atomic E-state index is 0.140. The summed E-state index contributed by atoms with van der Waals surface area (Å²) in [4.78, 5) is 13.2. The minimum Gasteiger partial charge on any atom is -0.480 e. The fourth-order valence-corrected chi connectivity index (χ4v) is 2.40. The van der Waals surface area contributed by atoms with E-state index in [9.17, 15) is 9.90 Å². The molecule has 1 aliphatic rings. The van der Waals surface area contributed by atoms with Gasteiger partial charge in [0.25, 0.3) is 0 Å². The molecular formula is C10H20N2O2. The van der Waals surface area contributed by atoms with E-state index >= 15 is 0 Å². The predicted molar refractivity (Wildman–Crippen MR) is 55.1 cm³/mol. The van der Waals surface area contributed by atoms with Crippen molar-refractivity contribution in [3.63, 3.8) is 0 Å². The van der Waals surface area contributed by atoms with Crippen molar-refractivity contribution >= 4 is 5.97 Å². The molecular weight excluding hydrogens is 180 g/mol. The Kier molecular flexibility index (Phi) is 3.50. The van der Waals surface area contributed by atoms with Gasteiger partial charge in [0.2, 0.25) is 0 Å². The number of carboxylic acid groups (broad SMARTS) is 1. The fraction of sp³-hybridized carbons (Fsp3) is 0.900. The molecule has 1 aliphatic heterocycles. The summed E-state index contributed by atoms with van der Waals surface area (Å²) in [5, 5.41) is 9.19. The van der Waals surface area contributed by atoms with E-state index in [1.165, 1.54) is 0 Å². The Hall–Kier alpha value is -0.610. The number of hydrogen-bond acceptors (Lipinski definition) is 3. The van der Waals surface area contributed by atoms with Gasteiger partial charge in [-0.1, -0.05) is 13.8 Å². The lowest BCUT2D eigenvalue weighted by atomic mass is 9.76. The van der Waals surface area contributed by atoms with Gasteiger partial charge in [0.1, 0.15) is 6.04 Å². The van der Waals surface area contributed by atoms with Crippen LogP contribution in [0.15, 0.2) is 0 Å². The van der Waals surface area contributed by atoms with Gasteiger partial charge >= 0.3 is 5.97 Å². The summed E-state index contributed by atoms with van der Waals surface area (Å²) in [6, 6.07) is -0.375. The van der Waals surface area contributed by atoms with Gasteiger partial charge in [0, 0.05) is 13.1 Å². The molecule has 1 fully saturated rings. The molecule has 0 spiro atoms. The van der Waals surface area contributed by atoms with Crippen molar-refractivity contribution in [3.8, 4) is 0 Å². The highest BCUT2D eigenvalue weighted by Crippen LogP contribution is 2.34. The third kappa shape index (κ3) is 2.25. The summed E-state index contributed by atoms with van der Waals surface area (Å²) < 4.78 is 0. The minimum atomic E-state index is -0.719. The third-order valence-electron chi connectivity index (χ3n) is 3.02. The molecule has 0 amide bonds. The zero-order valence-corrected chi connectivity index (χ0v) is 8.99. The van der Waals surface area contributed by atoms with Crippen LogP contribution in [0.2, 0.25) is 0 Å². The fourth-order valence-electron chi connectivity index (χ4n) is 2.40. The molecule has 1 unspecified atom stereocenters. The topological polar surface area (TPSA) is 66.6 Å². The van der Waals surface area contributed by atoms with Crippen molar-refractivity contribution in [2.75, 3.05) is 19.6 Å². The molecule has 0 aromatic rings. The quantitative estimate of drug-likeness (QED) is 0.697. The van der Waals surface area contributed by atoms with Crippen LogP contribution >= 0.6 is 0 Å². The van der Waals surface area contributed by atoms with E-state index < -0.39 is 5.97 Å². The molecule has 1 atom stereocenters. The van der Waals surface area contributed by atoms with Gasteiger partial charge in [-0.05, 0) is 24.8 Å². The smallest absolute Gasteiger partial charge is 0.321 e. The standard InChI is InChI=1S/C10H20N2O2/c1-10(2)4-3-6-12(7-5-11)8(10)9(13)14/h8H,3-7,11H2,1-2H3,(H,13,14). The average Bonchev–Trinajstić information content (AvgIpc) is 2.01. The second-order valence-electron chi connectivity index (χ2n) is 4.66. The van der Waals surface area contributed by atoms with Crippen LogP contribution in [0, 0.1) is 5.41 Å². The number of likely N-dealkylation sites (tertiary alicyclic amines) is 1. The first-order chi connectivity index (χ1) is 6.49. The van der Waals surface area contributed by atoms with Crippen molar-refractivity contribution in [1.82, 2.24) is 4.90 Å². The molecule has 4 heteroatoms. The Morgan fingerprint density at radius 1 is 1.64 bits per heavy atom. The first-order valence-electron chi connectivity index (χ1n) is 5.16. The lowest BCUT2D eigenvalue weighted by molar-refractivity contribution is -0.150. The van der Waals surface area contributed by atoms with Crippen LogP contribution in [0.1, 0.15) is 26.7 Å². The van der Waals surface area contributed by atoms with E-state index in [0.717, 1.165) is 19.4 Å². The normalized spacial score (nSPS) is 27.5. The summed E-state index contributed by atoms with van der Waals surface area (Å²) in [6.07, 6.45) is 2.04. The number of carboxylic acids is 1. The molecule has 0 saturated carbocycles. The average molecular weight is 200 g/mol. The molecule has 1 heterocycles. The van der Waals surface area contributed by atoms with Crippen molar-refractivity contribution < 1.29 is 9.90 Å². The Labute approximate surface area is 85.1 Å². The second-order valence-corrected chi connectivity index (χ2v) is 4.66. The summed E-state index contributed by atoms with van der Waals surface area (Å²) in [5.41, 5.74) is 5.34. The zero-order chi connectivity index (χ0) is 10.8. The lowest BCUT2D eigenvalue weighted by Gasteiger charge is -2.43. The van der Waals surface area contributed by atoms with Crippen LogP contribution < -0.4 is 5.73 Å². The van der Waals surface area contributed by atoms with Crippen molar-refractivity contribution in [2.45, 2.75) is 32.7 Å². The zero-order valence-electron chi connectivity index (χ0n) is 8.99. The SMILES string of the molecule is CC1(C)CCCN(CCN)C1C(=O)O. The predicted octanol–water partition coefficient (Wildman–Crippen LogP) is 0.520. The molecule has 1 rings (SSSR count). The van der Waals surface area contributed by atoms with Crippen LogP contribution in [-0.2, 0) is 4.79 Å². The van der Waals surface area contributed by atoms with Crippen LogP contribution in [-0.4, -0.2) is 41.7 Å². The van der Waals surface area contributed by atoms with E-state index in [4.69, 9.17) is 5.73 Å². The molecule has 82 valence electrons. The van der Waals surface area contributed by atoms with Crippen LogP contribution in [0.25, 0.3) is 0 Å². The van der Waals surface area contributed by atoms with Crippen molar-refractivity contribution in [3.05, 3.63) is 0 Å². The maximum absolute atomic E-state index is 11.2. The Bertz CT molecular complexity index is 214. The highest BCUT2D eigenvalue weighted by molar-refractivity contribution is 5.74. The monoisotopic (exact) mass is 200 g/mol. The van der Waals surface area contributed by atoms with E-state index in [1.807, 2.05) is 18.7 Å². The van der Waals surface area contributed by atoms with Crippen LogP contribution in [0.5, 0.6) is 0 Å². The number of nitrogens with two attached hydrogens (primary N) is 1. The van der Waals surface area contributed by atoms with E-state index in [-0.39, 0.29) is 11.5 Å². The van der Waals surface area contributed by atoms with E-state index in [2.05, 4.69) is 0 Å². The summed E-state index contributed by atoms with van der Waals surface area (Å²) in [7, 11) is 0. The Balaban J connectivity index is 2.79. The van der Waals surface area contributed by atoms with Gasteiger partial charge in [-0.15, -0.1) is 0 Å². The first kappa shape index (κ1) is 11.5. The highest BCUT2D eigenvalue weighted by atomic mass is 16.4. The summed E-state index contributed by atoms with van der Waals surface area (Å²) >= 11 is 0. The number of nitrogens with zero attached hydrogens (tertiary/aromatic N) is 1. The Morgan fingerprint density at radius 2 is 2.29 bits per heavy atom. The molecule has 0 aliphatic carbocycles. The number of carbonyl (C=O) groups is 1. The highest BCUT2D eigenvalue weighted by Gasteiger charge is 2.41. The van der Waals surface area contributed by atoms with Gasteiger partial charge in [-0.2, -0.15) is 0 Å². The Morgan fingerprint density at radius 3 is 2.79 bits per heavy atom. The molecule has 4 nitrogen and oxygen atoms in total. The van der Waals surface area contributed by atoms with E-state index in [1.54, 1.807) is 0 Å². The van der Waals surface area contributed by atoms with Crippen LogP contribution in [0.4, 0.5) is 0 Å². The number of aliphatic carboxylic acids is 1. The summed E-state index contributed by atoms with van der Waals surface area (Å²) in [5.74, 6) is -0.719. The van der Waals surface area contributed by atoms with Gasteiger partial charge < -0.3 is 10.8 Å². The number of hydrogen-bond donors (Lipinski definition) is 2. The lowest BCUT2D eigenvalue weighted by Crippen LogP contribution is -2.55. The molecule has 0 bridgehead atoms. The number of piperidine rings is 1. The van der Waals surface area contributed by atoms with Gasteiger partial charge in [0.15, 0.2) is 0 Å². The first-order valence-corrected chi connectivity index (χ1v) is 5.16. The molecule has 14 heavy (non-hydrogen) atoms. The van der Waals surface area contributed by atoms with Gasteiger partial charge in [-0.3, -0.25) is 9.69 Å². The third-order valence-corrected chi connectivity index (χ3v) is 3.02. The van der Waals surface area contributed by atoms with Gasteiger partial charge in [0.05, 0.1) is 0 Å². The van der Waals surface area contributed by atoms with Crippen LogP contribution in [0.3, 0.4) is 0 Å². The molecule has 0 radical (unpaired) electrons. The molecule has 1 saturated heterocycles. The van der Waals surface area contributed by atoms with Crippen molar-refractivity contribution in [2.24, 2.45) is 11.1 Å². The second kappa shape index (κ2) is 4.28. The molecule has 0 aromatic heterocycles. The van der Waals surface area contributed by atoms with Gasteiger partial charge in [-0.25, -0.2) is 0 Å². The summed E-state index contributed by atoms with van der Waals surface area (Å²) in [6.45, 7) is 6.11. The molecule has 3 N–H and O–H groups in total. The number of rotatable bonds is 3. The molecule has 0 aromatic carbocycles.